The van der Waals surface area contributed by atoms with Gasteiger partial charge in [-0.25, -0.2) is 9.59 Å². The van der Waals surface area contributed by atoms with Crippen molar-refractivity contribution in [1.29, 1.82) is 0 Å². The van der Waals surface area contributed by atoms with Gasteiger partial charge in [-0.2, -0.15) is 0 Å². The van der Waals surface area contributed by atoms with Crippen LogP contribution in [0.2, 0.25) is 0 Å². The zero-order valence-electron chi connectivity index (χ0n) is 44.2. The summed E-state index contributed by atoms with van der Waals surface area (Å²) in [5, 5.41) is 17.5. The Labute approximate surface area is 447 Å². The van der Waals surface area contributed by atoms with Gasteiger partial charge in [-0.15, -0.1) is 24.8 Å². The monoisotopic (exact) mass is 1070 g/mol. The van der Waals surface area contributed by atoms with Crippen LogP contribution in [0.25, 0.3) is 0 Å². The van der Waals surface area contributed by atoms with Gasteiger partial charge < -0.3 is 51.2 Å². The first-order chi connectivity index (χ1) is 34.0. The molecule has 20 heteroatoms. The lowest BCUT2D eigenvalue weighted by Gasteiger charge is -2.36. The highest BCUT2D eigenvalue weighted by Crippen LogP contribution is 2.29. The van der Waals surface area contributed by atoms with Crippen LogP contribution in [0.15, 0.2) is 84.9 Å². The molecule has 2 heterocycles. The lowest BCUT2D eigenvalue weighted by Crippen LogP contribution is -2.59. The Balaban J connectivity index is 0.00000722. The molecule has 0 bridgehead atoms. The predicted octanol–water partition coefficient (Wildman–Crippen LogP) is 4.82. The van der Waals surface area contributed by atoms with E-state index in [1.54, 1.807) is 76.5 Å². The summed E-state index contributed by atoms with van der Waals surface area (Å²) < 4.78 is 11.6. The number of likely N-dealkylation sites (tertiary alicyclic amines) is 2. The van der Waals surface area contributed by atoms with Gasteiger partial charge in [0, 0.05) is 13.1 Å². The van der Waals surface area contributed by atoms with E-state index in [0.29, 0.717) is 49.9 Å². The normalized spacial score (nSPS) is 17.9. The molecule has 0 aromatic heterocycles. The number of likely N-dealkylation sites (N-methyl/N-ethyl adjacent to an activating group) is 2. The second kappa shape index (κ2) is 28.0. The van der Waals surface area contributed by atoms with E-state index >= 15 is 0 Å². The van der Waals surface area contributed by atoms with E-state index in [-0.39, 0.29) is 72.8 Å². The first kappa shape index (κ1) is 62.2. The van der Waals surface area contributed by atoms with Crippen molar-refractivity contribution in [2.45, 2.75) is 129 Å². The summed E-state index contributed by atoms with van der Waals surface area (Å²) in [4.78, 5) is 112. The van der Waals surface area contributed by atoms with Crippen molar-refractivity contribution in [3.63, 3.8) is 0 Å². The first-order valence-electron chi connectivity index (χ1n) is 24.8. The molecular weight excluding hydrogens is 992 g/mol. The molecule has 2 fully saturated rings. The molecule has 406 valence electrons. The van der Waals surface area contributed by atoms with Crippen molar-refractivity contribution in [3.05, 3.63) is 107 Å². The van der Waals surface area contributed by atoms with Gasteiger partial charge >= 0.3 is 11.9 Å². The number of halogens is 2. The van der Waals surface area contributed by atoms with Gasteiger partial charge in [0.25, 0.3) is 0 Å². The van der Waals surface area contributed by atoms with Crippen LogP contribution in [0.3, 0.4) is 0 Å². The van der Waals surface area contributed by atoms with Crippen LogP contribution < -0.4 is 31.9 Å². The van der Waals surface area contributed by atoms with E-state index in [1.807, 2.05) is 53.7 Å². The lowest BCUT2D eigenvalue weighted by molar-refractivity contribution is -0.144. The molecule has 2 aliphatic heterocycles. The zero-order valence-corrected chi connectivity index (χ0v) is 45.8. The number of hydrogen-bond donors (Lipinski definition) is 6. The predicted molar refractivity (Wildman–Crippen MR) is 285 cm³/mol. The molecule has 8 atom stereocenters. The van der Waals surface area contributed by atoms with Crippen molar-refractivity contribution in [3.8, 4) is 0 Å². The third-order valence-electron chi connectivity index (χ3n) is 13.3. The highest BCUT2D eigenvalue weighted by molar-refractivity contribution is 5.97. The molecule has 3 aromatic rings. The minimum Gasteiger partial charge on any atom is -0.460 e. The van der Waals surface area contributed by atoms with Gasteiger partial charge in [-0.1, -0.05) is 108 Å². The Morgan fingerprint density at radius 1 is 0.541 bits per heavy atom. The molecule has 5 rings (SSSR count). The van der Waals surface area contributed by atoms with Gasteiger partial charge in [0.1, 0.15) is 37.4 Å². The number of ether oxygens (including phenoxy) is 2. The van der Waals surface area contributed by atoms with Crippen LogP contribution in [0.5, 0.6) is 0 Å². The Bertz CT molecular complexity index is 2240. The Kier molecular flexibility index (Phi) is 23.5. The molecule has 0 spiro atoms. The number of nitrogens with one attached hydrogen (secondary N) is 6. The third kappa shape index (κ3) is 16.5. The maximum Gasteiger partial charge on any atom is 0.338 e. The molecule has 0 aliphatic carbocycles. The fraction of sp³-hybridized carbons (Fsp3) is 0.519. The summed E-state index contributed by atoms with van der Waals surface area (Å²) in [7, 11) is 3.31. The Hall–Kier alpha value is -6.08. The second-order valence-corrected chi connectivity index (χ2v) is 20.7. The average Bonchev–Trinajstić information content (AvgIpc) is 4.08. The summed E-state index contributed by atoms with van der Waals surface area (Å²) >= 11 is 0. The number of esters is 2. The lowest BCUT2D eigenvalue weighted by atomic mass is 9.85. The molecule has 0 unspecified atom stereocenters. The van der Waals surface area contributed by atoms with E-state index in [9.17, 15) is 38.4 Å². The molecule has 0 radical (unpaired) electrons. The fourth-order valence-electron chi connectivity index (χ4n) is 8.64. The van der Waals surface area contributed by atoms with Crippen LogP contribution >= 0.6 is 24.8 Å². The molecule has 6 amide bonds. The number of benzene rings is 3. The van der Waals surface area contributed by atoms with Crippen LogP contribution in [0.4, 0.5) is 0 Å². The van der Waals surface area contributed by atoms with Crippen molar-refractivity contribution >= 4 is 72.2 Å². The Morgan fingerprint density at radius 2 is 0.892 bits per heavy atom. The highest BCUT2D eigenvalue weighted by Gasteiger charge is 2.44. The largest absolute Gasteiger partial charge is 0.460 e. The van der Waals surface area contributed by atoms with E-state index in [4.69, 9.17) is 9.47 Å². The molecule has 6 N–H and O–H groups in total. The SMILES string of the molecule is CN[C@@H](C)C(=O)N[C@H](C(=O)N1CCC[C@H]1C(=O)N[C@H](COC(=O)c1cccc(C(=O)OC[C@@H](NC(=O)[C@@H]2CCCN2C(=O)[C@@H](NC(=O)[C@H](C)NC)C(C)(C)C)c2ccccc2)c1)c1ccccc1)C(C)(C)C.Cl.Cl. The van der Waals surface area contributed by atoms with Gasteiger partial charge in [0.05, 0.1) is 35.3 Å². The number of rotatable bonds is 20. The fourth-order valence-corrected chi connectivity index (χ4v) is 8.64. The maximum atomic E-state index is 14.1. The zero-order chi connectivity index (χ0) is 52.9. The summed E-state index contributed by atoms with van der Waals surface area (Å²) in [5.74, 6) is -3.82. The van der Waals surface area contributed by atoms with Crippen molar-refractivity contribution in [1.82, 2.24) is 41.7 Å². The van der Waals surface area contributed by atoms with Crippen LogP contribution in [-0.2, 0) is 38.2 Å². The first-order valence-corrected chi connectivity index (χ1v) is 24.8. The van der Waals surface area contributed by atoms with Crippen molar-refractivity contribution in [2.75, 3.05) is 40.4 Å². The molecule has 2 aliphatic rings. The standard InChI is InChI=1S/C54H74N8O10.2ClH/c1-33(55-9)45(63)59-43(53(3,4)5)49(67)61-28-18-26-41(61)47(65)57-39(35-20-13-11-14-21-35)31-71-51(69)37-24-17-25-38(30-37)52(70)72-32-40(36-22-15-12-16-23-36)58-48(66)42-27-19-29-62(42)50(68)44(54(6,7)8)60-46(64)34(2)56-10;;/h11-17,20-25,30,33-34,39-44,55-56H,18-19,26-29,31-32H2,1-10H3,(H,57,65)(H,58,66)(H,59,63)(H,60,64);2*1H/t33-,34-,39+,40+,41-,42-,43+,44+;;/m0../s1. The number of nitrogens with zero attached hydrogens (tertiary/aromatic N) is 2. The third-order valence-corrected chi connectivity index (χ3v) is 13.3. The number of carbonyl (C=O) groups excluding carboxylic acids is 8. The molecular formula is C54H76Cl2N8O10. The van der Waals surface area contributed by atoms with Gasteiger partial charge in [-0.3, -0.25) is 28.8 Å². The Morgan fingerprint density at radius 3 is 1.22 bits per heavy atom. The summed E-state index contributed by atoms with van der Waals surface area (Å²) in [6.45, 7) is 14.6. The van der Waals surface area contributed by atoms with Crippen LogP contribution in [0, 0.1) is 10.8 Å². The van der Waals surface area contributed by atoms with Crippen molar-refractivity contribution in [2.24, 2.45) is 10.8 Å². The number of carbonyl (C=O) groups is 8. The van der Waals surface area contributed by atoms with Gasteiger partial charge in [0.15, 0.2) is 0 Å². The van der Waals surface area contributed by atoms with Gasteiger partial charge in [0.2, 0.25) is 35.4 Å². The molecule has 2 saturated heterocycles. The van der Waals surface area contributed by atoms with Crippen LogP contribution in [0.1, 0.15) is 125 Å². The molecule has 3 aromatic carbocycles. The van der Waals surface area contributed by atoms with E-state index in [2.05, 4.69) is 31.9 Å². The second-order valence-electron chi connectivity index (χ2n) is 20.7. The average molecular weight is 1070 g/mol. The van der Waals surface area contributed by atoms with E-state index < -0.39 is 82.9 Å². The van der Waals surface area contributed by atoms with Crippen molar-refractivity contribution < 1.29 is 47.8 Å². The minimum absolute atomic E-state index is 0. The quantitative estimate of drug-likeness (QED) is 0.0837. The molecule has 18 nitrogen and oxygen atoms in total. The summed E-state index contributed by atoms with van der Waals surface area (Å²) in [6, 6.07) is 17.6. The molecule has 74 heavy (non-hydrogen) atoms. The highest BCUT2D eigenvalue weighted by atomic mass is 35.5. The molecule has 0 saturated carbocycles. The van der Waals surface area contributed by atoms with Crippen LogP contribution in [-0.4, -0.2) is 134 Å². The summed E-state index contributed by atoms with van der Waals surface area (Å²) in [5.41, 5.74) is 0.0704. The topological polar surface area (TPSA) is 234 Å². The number of amides is 6. The number of hydrogen-bond acceptors (Lipinski definition) is 12. The van der Waals surface area contributed by atoms with Gasteiger partial charge in [-0.05, 0) is 93.8 Å². The maximum absolute atomic E-state index is 14.1. The van der Waals surface area contributed by atoms with E-state index in [0.717, 1.165) is 0 Å². The van der Waals surface area contributed by atoms with E-state index in [1.165, 1.54) is 34.1 Å². The smallest absolute Gasteiger partial charge is 0.338 e. The summed E-state index contributed by atoms with van der Waals surface area (Å²) in [6.07, 6.45) is 1.95. The minimum atomic E-state index is -0.895.